The van der Waals surface area contributed by atoms with Crippen molar-refractivity contribution in [2.45, 2.75) is 38.5 Å². The van der Waals surface area contributed by atoms with Crippen LogP contribution in [-0.2, 0) is 6.42 Å². The lowest BCUT2D eigenvalue weighted by atomic mass is 9.93. The summed E-state index contributed by atoms with van der Waals surface area (Å²) in [4.78, 5) is 2.59. The van der Waals surface area contributed by atoms with E-state index < -0.39 is 0 Å². The molecule has 0 spiro atoms. The van der Waals surface area contributed by atoms with Gasteiger partial charge < -0.3 is 21.1 Å². The SMILES string of the molecule is N=C(N)c1ccc(CCCCN2CCC(CCOc3ccc(C(=N)N)cc3)CC2)cc1. The summed E-state index contributed by atoms with van der Waals surface area (Å²) in [6, 6.07) is 15.5. The number of rotatable bonds is 11. The van der Waals surface area contributed by atoms with E-state index >= 15 is 0 Å². The molecule has 3 rings (SSSR count). The highest BCUT2D eigenvalue weighted by molar-refractivity contribution is 5.95. The molecule has 1 aliphatic rings. The number of nitrogens with two attached hydrogens (primary N) is 2. The summed E-state index contributed by atoms with van der Waals surface area (Å²) in [7, 11) is 0. The first kappa shape index (κ1) is 22.8. The van der Waals surface area contributed by atoms with Crippen molar-refractivity contribution in [3.05, 3.63) is 65.2 Å². The average molecular weight is 422 g/mol. The molecular formula is C25H35N5O. The Bertz CT molecular complexity index is 839. The van der Waals surface area contributed by atoms with E-state index in [1.807, 2.05) is 36.4 Å². The second kappa shape index (κ2) is 11.5. The fraction of sp³-hybridized carbons (Fsp3) is 0.440. The molecule has 0 unspecified atom stereocenters. The van der Waals surface area contributed by atoms with Gasteiger partial charge in [0.1, 0.15) is 17.4 Å². The number of nitrogens with zero attached hydrogens (tertiary/aromatic N) is 1. The molecule has 0 aromatic heterocycles. The summed E-state index contributed by atoms with van der Waals surface area (Å²) in [5, 5.41) is 14.9. The molecule has 166 valence electrons. The molecule has 1 saturated heterocycles. The molecule has 1 aliphatic heterocycles. The number of likely N-dealkylation sites (tertiary alicyclic amines) is 1. The van der Waals surface area contributed by atoms with Crippen molar-refractivity contribution >= 4 is 11.7 Å². The standard InChI is InChI=1S/C25H35N5O/c26-24(27)21-6-4-19(5-7-21)3-1-2-15-30-16-12-20(13-17-30)14-18-31-23-10-8-22(9-11-23)25(28)29/h4-11,20H,1-3,12-18H2,(H3,26,27)(H3,28,29). The molecule has 0 aliphatic carbocycles. The van der Waals surface area contributed by atoms with Crippen LogP contribution in [0.2, 0.25) is 0 Å². The number of piperidine rings is 1. The highest BCUT2D eigenvalue weighted by atomic mass is 16.5. The third kappa shape index (κ3) is 7.40. The average Bonchev–Trinajstić information content (AvgIpc) is 2.78. The summed E-state index contributed by atoms with van der Waals surface area (Å²) in [5.41, 5.74) is 13.8. The van der Waals surface area contributed by atoms with Crippen LogP contribution in [0.5, 0.6) is 5.75 Å². The van der Waals surface area contributed by atoms with E-state index in [9.17, 15) is 0 Å². The van der Waals surface area contributed by atoms with Crippen molar-refractivity contribution in [1.29, 1.82) is 10.8 Å². The number of hydrogen-bond donors (Lipinski definition) is 4. The first-order valence-electron chi connectivity index (χ1n) is 11.2. The summed E-state index contributed by atoms with van der Waals surface area (Å²) >= 11 is 0. The van der Waals surface area contributed by atoms with Crippen LogP contribution in [0.1, 0.15) is 48.8 Å². The van der Waals surface area contributed by atoms with E-state index in [2.05, 4.69) is 17.0 Å². The van der Waals surface area contributed by atoms with Crippen molar-refractivity contribution in [2.75, 3.05) is 26.2 Å². The number of nitrogen functional groups attached to an aromatic ring is 2. The fourth-order valence-corrected chi connectivity index (χ4v) is 4.09. The number of amidine groups is 2. The number of ether oxygens (including phenoxy) is 1. The molecule has 1 heterocycles. The van der Waals surface area contributed by atoms with Crippen LogP contribution >= 0.6 is 0 Å². The summed E-state index contributed by atoms with van der Waals surface area (Å²) in [6.45, 7) is 4.29. The molecule has 6 heteroatoms. The minimum absolute atomic E-state index is 0.0848. The summed E-state index contributed by atoms with van der Waals surface area (Å²) in [6.07, 6.45) is 7.09. The predicted molar refractivity (Wildman–Crippen MR) is 127 cm³/mol. The number of aryl methyl sites for hydroxylation is 1. The summed E-state index contributed by atoms with van der Waals surface area (Å²) in [5.74, 6) is 1.80. The molecule has 0 amide bonds. The zero-order valence-electron chi connectivity index (χ0n) is 18.3. The first-order valence-corrected chi connectivity index (χ1v) is 11.2. The van der Waals surface area contributed by atoms with Gasteiger partial charge >= 0.3 is 0 Å². The maximum atomic E-state index is 7.45. The topological polar surface area (TPSA) is 112 Å². The molecule has 2 aromatic carbocycles. The van der Waals surface area contributed by atoms with Crippen molar-refractivity contribution in [3.63, 3.8) is 0 Å². The van der Waals surface area contributed by atoms with Gasteiger partial charge in [-0.25, -0.2) is 0 Å². The molecule has 1 fully saturated rings. The van der Waals surface area contributed by atoms with Crippen LogP contribution in [0.25, 0.3) is 0 Å². The number of unbranched alkanes of at least 4 members (excludes halogenated alkanes) is 1. The Labute approximate surface area is 185 Å². The molecule has 31 heavy (non-hydrogen) atoms. The van der Waals surface area contributed by atoms with E-state index in [1.54, 1.807) is 0 Å². The van der Waals surface area contributed by atoms with Crippen molar-refractivity contribution < 1.29 is 4.74 Å². The smallest absolute Gasteiger partial charge is 0.122 e. The zero-order valence-corrected chi connectivity index (χ0v) is 18.3. The van der Waals surface area contributed by atoms with Gasteiger partial charge in [-0.2, -0.15) is 0 Å². The van der Waals surface area contributed by atoms with Gasteiger partial charge in [0.2, 0.25) is 0 Å². The fourth-order valence-electron chi connectivity index (χ4n) is 4.09. The number of hydrogen-bond acceptors (Lipinski definition) is 4. The first-order chi connectivity index (χ1) is 15.0. The van der Waals surface area contributed by atoms with E-state index in [4.69, 9.17) is 27.0 Å². The minimum Gasteiger partial charge on any atom is -0.494 e. The Hall–Kier alpha value is -2.86. The maximum Gasteiger partial charge on any atom is 0.122 e. The van der Waals surface area contributed by atoms with Crippen LogP contribution in [0.15, 0.2) is 48.5 Å². The third-order valence-electron chi connectivity index (χ3n) is 6.12. The second-order valence-corrected chi connectivity index (χ2v) is 8.43. The van der Waals surface area contributed by atoms with Gasteiger partial charge in [-0.1, -0.05) is 24.3 Å². The Kier molecular flexibility index (Phi) is 8.47. The van der Waals surface area contributed by atoms with E-state index in [0.29, 0.717) is 0 Å². The number of nitrogens with one attached hydrogen (secondary N) is 2. The lowest BCUT2D eigenvalue weighted by Gasteiger charge is -2.32. The predicted octanol–water partition coefficient (Wildman–Crippen LogP) is 3.76. The minimum atomic E-state index is 0.0848. The van der Waals surface area contributed by atoms with E-state index in [1.165, 1.54) is 50.9 Å². The van der Waals surface area contributed by atoms with Gasteiger partial charge in [0.15, 0.2) is 0 Å². The van der Waals surface area contributed by atoms with Gasteiger partial charge in [0.05, 0.1) is 6.61 Å². The van der Waals surface area contributed by atoms with Crippen molar-refractivity contribution in [3.8, 4) is 5.75 Å². The third-order valence-corrected chi connectivity index (χ3v) is 6.12. The molecule has 6 N–H and O–H groups in total. The van der Waals surface area contributed by atoms with Gasteiger partial charge in [0, 0.05) is 11.1 Å². The maximum absolute atomic E-state index is 7.45. The van der Waals surface area contributed by atoms with Crippen LogP contribution < -0.4 is 16.2 Å². The largest absolute Gasteiger partial charge is 0.494 e. The van der Waals surface area contributed by atoms with Crippen molar-refractivity contribution in [2.24, 2.45) is 17.4 Å². The van der Waals surface area contributed by atoms with Gasteiger partial charge in [0.25, 0.3) is 0 Å². The van der Waals surface area contributed by atoms with Gasteiger partial charge in [-0.15, -0.1) is 0 Å². The van der Waals surface area contributed by atoms with E-state index in [0.717, 1.165) is 42.2 Å². The quantitative estimate of drug-likeness (QED) is 0.251. The molecule has 0 bridgehead atoms. The van der Waals surface area contributed by atoms with Gasteiger partial charge in [-0.05, 0) is 93.9 Å². The highest BCUT2D eigenvalue weighted by Crippen LogP contribution is 2.22. The van der Waals surface area contributed by atoms with Crippen LogP contribution in [0, 0.1) is 16.7 Å². The molecular weight excluding hydrogens is 386 g/mol. The Morgan fingerprint density at radius 3 is 2.03 bits per heavy atom. The number of benzene rings is 2. The lowest BCUT2D eigenvalue weighted by Crippen LogP contribution is -2.34. The Morgan fingerprint density at radius 1 is 0.871 bits per heavy atom. The Balaban J connectivity index is 1.26. The monoisotopic (exact) mass is 421 g/mol. The lowest BCUT2D eigenvalue weighted by molar-refractivity contribution is 0.161. The molecule has 0 radical (unpaired) electrons. The molecule has 0 saturated carbocycles. The van der Waals surface area contributed by atoms with Crippen molar-refractivity contribution in [1.82, 2.24) is 4.90 Å². The van der Waals surface area contributed by atoms with Crippen LogP contribution in [-0.4, -0.2) is 42.8 Å². The normalized spacial score (nSPS) is 15.0. The van der Waals surface area contributed by atoms with E-state index in [-0.39, 0.29) is 11.7 Å². The van der Waals surface area contributed by atoms with Crippen LogP contribution in [0.3, 0.4) is 0 Å². The summed E-state index contributed by atoms with van der Waals surface area (Å²) < 4.78 is 5.87. The second-order valence-electron chi connectivity index (χ2n) is 8.43. The van der Waals surface area contributed by atoms with Gasteiger partial charge in [-0.3, -0.25) is 10.8 Å². The molecule has 0 atom stereocenters. The zero-order chi connectivity index (χ0) is 22.1. The Morgan fingerprint density at radius 2 is 1.45 bits per heavy atom. The van der Waals surface area contributed by atoms with Crippen LogP contribution in [0.4, 0.5) is 0 Å². The molecule has 6 nitrogen and oxygen atoms in total. The molecule has 2 aromatic rings. The highest BCUT2D eigenvalue weighted by Gasteiger charge is 2.18.